The molecule has 7 N–H and O–H groups in total. The average Bonchev–Trinajstić information content (AvgIpc) is 3.01. The predicted octanol–water partition coefficient (Wildman–Crippen LogP) is 1.59. The van der Waals surface area contributed by atoms with Gasteiger partial charge in [-0.25, -0.2) is 0 Å². The van der Waals surface area contributed by atoms with Crippen molar-refractivity contribution in [3.63, 3.8) is 0 Å². The molecule has 4 unspecified atom stereocenters. The second-order valence-electron chi connectivity index (χ2n) is 11.3. The van der Waals surface area contributed by atoms with Crippen LogP contribution in [-0.2, 0) is 44.8 Å². The Kier molecular flexibility index (Phi) is 18.0. The number of rotatable bonds is 24. The largest absolute Gasteiger partial charge is 0.508 e. The summed E-state index contributed by atoms with van der Waals surface area (Å²) < 4.78 is 0. The molecule has 1 aromatic carbocycles. The number of phenolic OH excluding ortho intramolecular Hbond substituents is 1. The highest BCUT2D eigenvalue weighted by atomic mass is 16.4. The van der Waals surface area contributed by atoms with Crippen molar-refractivity contribution in [2.24, 2.45) is 11.8 Å². The normalized spacial score (nSPS) is 13.3. The van der Waals surface area contributed by atoms with Crippen LogP contribution in [0.15, 0.2) is 24.3 Å². The number of ketones is 2. The third kappa shape index (κ3) is 16.3. The number of nitrogens with one attached hydrogen (secondary N) is 3. The van der Waals surface area contributed by atoms with Gasteiger partial charge in [0.15, 0.2) is 11.6 Å². The van der Waals surface area contributed by atoms with E-state index < -0.39 is 103 Å². The zero-order valence-electron chi connectivity index (χ0n) is 26.7. The molecule has 3 amide bonds. The van der Waals surface area contributed by atoms with Gasteiger partial charge in [-0.05, 0) is 49.8 Å². The van der Waals surface area contributed by atoms with E-state index in [1.54, 1.807) is 12.1 Å². The molecule has 1 aromatic rings. The molecule has 4 atom stereocenters. The fourth-order valence-corrected chi connectivity index (χ4v) is 4.83. The number of amides is 3. The van der Waals surface area contributed by atoms with E-state index >= 15 is 0 Å². The summed E-state index contributed by atoms with van der Waals surface area (Å²) in [6.07, 6.45) is -2.07. The van der Waals surface area contributed by atoms with Gasteiger partial charge in [0.1, 0.15) is 5.75 Å². The number of carboxylic acid groups (broad SMARTS) is 3. The number of benzene rings is 1. The Morgan fingerprint density at radius 3 is 1.64 bits per heavy atom. The van der Waals surface area contributed by atoms with Crippen molar-refractivity contribution >= 4 is 47.2 Å². The van der Waals surface area contributed by atoms with Crippen LogP contribution in [0.1, 0.15) is 83.1 Å². The van der Waals surface area contributed by atoms with Gasteiger partial charge in [0.05, 0.1) is 12.1 Å². The maximum Gasteiger partial charge on any atom is 0.303 e. The van der Waals surface area contributed by atoms with Crippen LogP contribution in [0.5, 0.6) is 5.75 Å². The van der Waals surface area contributed by atoms with Crippen LogP contribution in [0.4, 0.5) is 0 Å². The lowest BCUT2D eigenvalue weighted by Crippen LogP contribution is -2.47. The Balaban J connectivity index is 3.24. The first-order valence-electron chi connectivity index (χ1n) is 15.5. The second-order valence-corrected chi connectivity index (χ2v) is 11.3. The van der Waals surface area contributed by atoms with Gasteiger partial charge in [-0.3, -0.25) is 38.4 Å². The molecule has 0 aliphatic heterocycles. The smallest absolute Gasteiger partial charge is 0.303 e. The van der Waals surface area contributed by atoms with Gasteiger partial charge < -0.3 is 36.4 Å². The minimum atomic E-state index is -1.40. The summed E-state index contributed by atoms with van der Waals surface area (Å²) in [4.78, 5) is 99.1. The molecular formula is C32H45N3O12. The topological polar surface area (TPSA) is 254 Å². The molecule has 0 aliphatic carbocycles. The molecule has 0 saturated carbocycles. The number of unbranched alkanes of at least 4 members (excludes halogenated alkanes) is 1. The van der Waals surface area contributed by atoms with E-state index in [-0.39, 0.29) is 37.9 Å². The molecule has 0 heterocycles. The van der Waals surface area contributed by atoms with Crippen LogP contribution in [0.3, 0.4) is 0 Å². The fraction of sp³-hybridized carbons (Fsp3) is 0.562. The molecule has 15 heteroatoms. The Hall–Kier alpha value is -4.82. The average molecular weight is 664 g/mol. The standard InChI is InChI=1S/C32H45N3O12/c1-3-4-5-27(39)34-23(11-14-29(42)43)25(37)17-20(8-13-28(40)41)32(47)35-24(12-15-30(44)45)26(38)18-21(31(46)33-2)16-19-6-9-22(36)10-7-19/h6-7,9-10,20-21,23-24,36H,3-5,8,11-18H2,1-2H3,(H,33,46)(H,34,39)(H,35,47)(H,40,41)(H,42,43)(H,44,45). The van der Waals surface area contributed by atoms with Crippen LogP contribution in [0, 0.1) is 11.8 Å². The molecule has 260 valence electrons. The molecule has 47 heavy (non-hydrogen) atoms. The van der Waals surface area contributed by atoms with Gasteiger partial charge in [0.25, 0.3) is 0 Å². The number of hydrogen-bond acceptors (Lipinski definition) is 9. The molecule has 0 bridgehead atoms. The zero-order valence-corrected chi connectivity index (χ0v) is 26.7. The molecule has 0 spiro atoms. The first-order valence-corrected chi connectivity index (χ1v) is 15.5. The molecule has 0 aliphatic rings. The van der Waals surface area contributed by atoms with Gasteiger partial charge in [-0.15, -0.1) is 0 Å². The van der Waals surface area contributed by atoms with Gasteiger partial charge >= 0.3 is 17.9 Å². The predicted molar refractivity (Wildman–Crippen MR) is 166 cm³/mol. The number of aliphatic carboxylic acids is 3. The second kappa shape index (κ2) is 21.1. The van der Waals surface area contributed by atoms with Crippen molar-refractivity contribution in [3.05, 3.63) is 29.8 Å². The number of carboxylic acids is 3. The first kappa shape index (κ1) is 40.2. The number of aromatic hydroxyl groups is 1. The summed E-state index contributed by atoms with van der Waals surface area (Å²) in [6.45, 7) is 1.86. The lowest BCUT2D eigenvalue weighted by Gasteiger charge is -2.24. The minimum Gasteiger partial charge on any atom is -0.508 e. The Morgan fingerprint density at radius 2 is 1.15 bits per heavy atom. The molecule has 0 saturated heterocycles. The highest BCUT2D eigenvalue weighted by molar-refractivity contribution is 5.96. The maximum atomic E-state index is 13.5. The molecule has 1 rings (SSSR count). The summed E-state index contributed by atoms with van der Waals surface area (Å²) in [6, 6.07) is 3.31. The van der Waals surface area contributed by atoms with Crippen molar-refractivity contribution in [1.29, 1.82) is 0 Å². The Morgan fingerprint density at radius 1 is 0.660 bits per heavy atom. The van der Waals surface area contributed by atoms with E-state index in [1.165, 1.54) is 19.2 Å². The molecule has 0 aromatic heterocycles. The Bertz CT molecular complexity index is 1260. The van der Waals surface area contributed by atoms with E-state index in [0.717, 1.165) is 0 Å². The van der Waals surface area contributed by atoms with E-state index in [9.17, 15) is 53.7 Å². The van der Waals surface area contributed by atoms with Crippen molar-refractivity contribution in [2.45, 2.75) is 96.1 Å². The van der Waals surface area contributed by atoms with Gasteiger partial charge in [-0.1, -0.05) is 25.5 Å². The number of hydrogen-bond donors (Lipinski definition) is 7. The van der Waals surface area contributed by atoms with Gasteiger partial charge in [-0.2, -0.15) is 0 Å². The zero-order chi connectivity index (χ0) is 35.5. The number of carbonyl (C=O) groups excluding carboxylic acids is 5. The van der Waals surface area contributed by atoms with Crippen LogP contribution >= 0.6 is 0 Å². The summed E-state index contributed by atoms with van der Waals surface area (Å²) in [5.41, 5.74) is 0.627. The molecule has 15 nitrogen and oxygen atoms in total. The van der Waals surface area contributed by atoms with Gasteiger partial charge in [0.2, 0.25) is 17.7 Å². The minimum absolute atomic E-state index is 0.000723. The first-order chi connectivity index (χ1) is 22.2. The van der Waals surface area contributed by atoms with Crippen LogP contribution in [0.25, 0.3) is 0 Å². The van der Waals surface area contributed by atoms with Crippen LogP contribution in [0.2, 0.25) is 0 Å². The highest BCUT2D eigenvalue weighted by Crippen LogP contribution is 2.20. The van der Waals surface area contributed by atoms with Crippen LogP contribution in [-0.4, -0.2) is 86.8 Å². The number of carbonyl (C=O) groups is 8. The summed E-state index contributed by atoms with van der Waals surface area (Å²) in [5.74, 6) is -9.25. The maximum absolute atomic E-state index is 13.5. The van der Waals surface area contributed by atoms with E-state index in [0.29, 0.717) is 18.4 Å². The monoisotopic (exact) mass is 663 g/mol. The summed E-state index contributed by atoms with van der Waals surface area (Å²) in [5, 5.41) is 44.6. The van der Waals surface area contributed by atoms with E-state index in [1.807, 2.05) is 6.92 Å². The van der Waals surface area contributed by atoms with E-state index in [4.69, 9.17) is 5.11 Å². The van der Waals surface area contributed by atoms with Crippen molar-refractivity contribution in [1.82, 2.24) is 16.0 Å². The molecule has 0 radical (unpaired) electrons. The molecular weight excluding hydrogens is 618 g/mol. The third-order valence-electron chi connectivity index (χ3n) is 7.49. The number of phenols is 1. The van der Waals surface area contributed by atoms with Crippen molar-refractivity contribution in [2.75, 3.05) is 7.05 Å². The van der Waals surface area contributed by atoms with Gasteiger partial charge in [0, 0.05) is 57.4 Å². The van der Waals surface area contributed by atoms with E-state index in [2.05, 4.69) is 16.0 Å². The lowest BCUT2D eigenvalue weighted by atomic mass is 9.89. The van der Waals surface area contributed by atoms with Crippen molar-refractivity contribution in [3.8, 4) is 5.75 Å². The van der Waals surface area contributed by atoms with Crippen molar-refractivity contribution < 1.29 is 58.8 Å². The number of Topliss-reactive ketones (excluding diaryl/α,β-unsaturated/α-hetero) is 2. The summed E-state index contributed by atoms with van der Waals surface area (Å²) in [7, 11) is 1.38. The lowest BCUT2D eigenvalue weighted by molar-refractivity contribution is -0.140. The molecule has 0 fully saturated rings. The highest BCUT2D eigenvalue weighted by Gasteiger charge is 2.32. The third-order valence-corrected chi connectivity index (χ3v) is 7.49. The Labute approximate surface area is 272 Å². The van der Waals surface area contributed by atoms with Crippen LogP contribution < -0.4 is 16.0 Å². The fourth-order valence-electron chi connectivity index (χ4n) is 4.83. The SMILES string of the molecule is CCCCC(=O)NC(CCC(=O)O)C(=O)CC(CCC(=O)O)C(=O)NC(CCC(=O)O)C(=O)CC(Cc1ccc(O)cc1)C(=O)NC. The quantitative estimate of drug-likeness (QED) is 0.0832. The summed E-state index contributed by atoms with van der Waals surface area (Å²) >= 11 is 0.